The van der Waals surface area contributed by atoms with E-state index in [9.17, 15) is 14.4 Å². The summed E-state index contributed by atoms with van der Waals surface area (Å²) in [5, 5.41) is 16.2. The number of carboxylic acid groups (broad SMARTS) is 2. The van der Waals surface area contributed by atoms with Crippen molar-refractivity contribution in [1.29, 1.82) is 0 Å². The van der Waals surface area contributed by atoms with Crippen LogP contribution in [0.3, 0.4) is 0 Å². The molecule has 1 atom stereocenters. The molecule has 1 rings (SSSR count). The molecular weight excluding hydrogens is 244 g/mol. The SMILES string of the molecule is O=C(O)C(=O)CC(Sc1ccccc1)C(=O)O. The van der Waals surface area contributed by atoms with Crippen LogP contribution in [0, 0.1) is 0 Å². The average Bonchev–Trinajstić information content (AvgIpc) is 2.29. The third-order valence-electron chi connectivity index (χ3n) is 1.91. The monoisotopic (exact) mass is 254 g/mol. The fraction of sp³-hybridized carbons (Fsp3) is 0.182. The van der Waals surface area contributed by atoms with Crippen LogP contribution in [-0.4, -0.2) is 33.2 Å². The lowest BCUT2D eigenvalue weighted by molar-refractivity contribution is -0.149. The smallest absolute Gasteiger partial charge is 0.372 e. The maximum absolute atomic E-state index is 11.0. The van der Waals surface area contributed by atoms with Crippen LogP contribution in [0.4, 0.5) is 0 Å². The van der Waals surface area contributed by atoms with E-state index in [0.29, 0.717) is 4.90 Å². The van der Waals surface area contributed by atoms with Crippen LogP contribution >= 0.6 is 11.8 Å². The summed E-state index contributed by atoms with van der Waals surface area (Å²) in [5.41, 5.74) is 0. The van der Waals surface area contributed by atoms with Crippen LogP contribution in [0.5, 0.6) is 0 Å². The van der Waals surface area contributed by atoms with Crippen molar-refractivity contribution in [3.8, 4) is 0 Å². The van der Waals surface area contributed by atoms with Gasteiger partial charge in [0.1, 0.15) is 5.25 Å². The van der Waals surface area contributed by atoms with Crippen molar-refractivity contribution in [2.24, 2.45) is 0 Å². The van der Waals surface area contributed by atoms with Gasteiger partial charge in [0.15, 0.2) is 0 Å². The lowest BCUT2D eigenvalue weighted by Crippen LogP contribution is -2.24. The minimum atomic E-state index is -1.61. The Morgan fingerprint density at radius 1 is 1.12 bits per heavy atom. The summed E-state index contributed by atoms with van der Waals surface area (Å²) in [6.07, 6.45) is -0.524. The number of carboxylic acids is 2. The van der Waals surface area contributed by atoms with Gasteiger partial charge in [-0.25, -0.2) is 4.79 Å². The molecule has 0 bridgehead atoms. The van der Waals surface area contributed by atoms with Gasteiger partial charge in [0.2, 0.25) is 5.78 Å². The number of carbonyl (C=O) groups excluding carboxylic acids is 1. The van der Waals surface area contributed by atoms with Crippen molar-refractivity contribution in [3.05, 3.63) is 30.3 Å². The van der Waals surface area contributed by atoms with Crippen molar-refractivity contribution in [1.82, 2.24) is 0 Å². The summed E-state index contributed by atoms with van der Waals surface area (Å²) in [6.45, 7) is 0. The molecule has 0 fully saturated rings. The Labute approximate surface area is 101 Å². The number of hydrogen-bond donors (Lipinski definition) is 2. The molecule has 1 unspecified atom stereocenters. The average molecular weight is 254 g/mol. The molecule has 1 aromatic rings. The standard InChI is InChI=1S/C11H10O5S/c12-8(10(13)14)6-9(11(15)16)17-7-4-2-1-3-5-7/h1-5,9H,6H2,(H,13,14)(H,15,16). The molecule has 0 aliphatic rings. The minimum Gasteiger partial charge on any atom is -0.480 e. The summed E-state index contributed by atoms with van der Waals surface area (Å²) >= 11 is 0.959. The van der Waals surface area contributed by atoms with Crippen LogP contribution in [0.2, 0.25) is 0 Å². The molecule has 6 heteroatoms. The fourth-order valence-electron chi connectivity index (χ4n) is 1.10. The molecule has 0 saturated carbocycles. The molecule has 5 nitrogen and oxygen atoms in total. The number of aliphatic carboxylic acids is 2. The molecule has 0 aliphatic carbocycles. The van der Waals surface area contributed by atoms with E-state index in [0.717, 1.165) is 11.8 Å². The van der Waals surface area contributed by atoms with Gasteiger partial charge in [-0.1, -0.05) is 18.2 Å². The van der Waals surface area contributed by atoms with Crippen molar-refractivity contribution < 1.29 is 24.6 Å². The Hall–Kier alpha value is -1.82. The second-order valence-corrected chi connectivity index (χ2v) is 4.47. The van der Waals surface area contributed by atoms with Gasteiger partial charge in [0.25, 0.3) is 0 Å². The first-order valence-corrected chi connectivity index (χ1v) is 5.59. The maximum atomic E-state index is 11.0. The van der Waals surface area contributed by atoms with Gasteiger partial charge in [-0.2, -0.15) is 0 Å². The van der Waals surface area contributed by atoms with E-state index < -0.39 is 29.4 Å². The first-order chi connectivity index (χ1) is 8.00. The van der Waals surface area contributed by atoms with Gasteiger partial charge in [-0.3, -0.25) is 9.59 Å². The molecule has 1 aromatic carbocycles. The Morgan fingerprint density at radius 3 is 2.18 bits per heavy atom. The molecule has 0 aliphatic heterocycles. The number of Topliss-reactive ketones (excluding diaryl/α,β-unsaturated/α-hetero) is 1. The van der Waals surface area contributed by atoms with Crippen LogP contribution in [-0.2, 0) is 14.4 Å². The summed E-state index contributed by atoms with van der Waals surface area (Å²) in [7, 11) is 0. The third-order valence-corrected chi connectivity index (χ3v) is 3.10. The largest absolute Gasteiger partial charge is 0.480 e. The van der Waals surface area contributed by atoms with E-state index in [2.05, 4.69) is 0 Å². The number of benzene rings is 1. The van der Waals surface area contributed by atoms with E-state index in [1.165, 1.54) is 0 Å². The number of thioether (sulfide) groups is 1. The highest BCUT2D eigenvalue weighted by atomic mass is 32.2. The first-order valence-electron chi connectivity index (χ1n) is 4.71. The van der Waals surface area contributed by atoms with Crippen LogP contribution < -0.4 is 0 Å². The minimum absolute atomic E-state index is 0.524. The fourth-order valence-corrected chi connectivity index (χ4v) is 2.08. The summed E-state index contributed by atoms with van der Waals surface area (Å²) in [6, 6.07) is 8.65. The molecule has 0 radical (unpaired) electrons. The predicted octanol–water partition coefficient (Wildman–Crippen LogP) is 1.28. The highest BCUT2D eigenvalue weighted by Gasteiger charge is 2.25. The summed E-state index contributed by atoms with van der Waals surface area (Å²) < 4.78 is 0. The molecule has 0 aromatic heterocycles. The predicted molar refractivity (Wildman–Crippen MR) is 61.0 cm³/mol. The van der Waals surface area contributed by atoms with Crippen LogP contribution in [0.1, 0.15) is 6.42 Å². The lowest BCUT2D eigenvalue weighted by atomic mass is 10.2. The van der Waals surface area contributed by atoms with E-state index in [-0.39, 0.29) is 0 Å². The number of ketones is 1. The molecule has 90 valence electrons. The Kier molecular flexibility index (Phi) is 4.71. The van der Waals surface area contributed by atoms with E-state index in [1.54, 1.807) is 30.3 Å². The highest BCUT2D eigenvalue weighted by molar-refractivity contribution is 8.00. The van der Waals surface area contributed by atoms with E-state index in [4.69, 9.17) is 10.2 Å². The normalized spacial score (nSPS) is 11.8. The van der Waals surface area contributed by atoms with Crippen molar-refractivity contribution >= 4 is 29.5 Å². The Balaban J connectivity index is 2.71. The van der Waals surface area contributed by atoms with E-state index in [1.807, 2.05) is 0 Å². The zero-order valence-electron chi connectivity index (χ0n) is 8.70. The summed E-state index contributed by atoms with van der Waals surface area (Å²) in [4.78, 5) is 32.9. The zero-order valence-corrected chi connectivity index (χ0v) is 9.52. The number of rotatable bonds is 6. The molecule has 0 amide bonds. The van der Waals surface area contributed by atoms with Gasteiger partial charge in [-0.15, -0.1) is 11.8 Å². The second kappa shape index (κ2) is 6.05. The maximum Gasteiger partial charge on any atom is 0.372 e. The molecule has 0 spiro atoms. The molecular formula is C11H10O5S. The van der Waals surface area contributed by atoms with Gasteiger partial charge >= 0.3 is 11.9 Å². The topological polar surface area (TPSA) is 91.7 Å². The van der Waals surface area contributed by atoms with Crippen LogP contribution in [0.25, 0.3) is 0 Å². The molecule has 2 N–H and O–H groups in total. The van der Waals surface area contributed by atoms with Gasteiger partial charge in [0.05, 0.1) is 0 Å². The van der Waals surface area contributed by atoms with Crippen LogP contribution in [0.15, 0.2) is 35.2 Å². The quantitative estimate of drug-likeness (QED) is 0.587. The van der Waals surface area contributed by atoms with Gasteiger partial charge in [-0.05, 0) is 12.1 Å². The van der Waals surface area contributed by atoms with Crippen molar-refractivity contribution in [2.45, 2.75) is 16.6 Å². The van der Waals surface area contributed by atoms with Crippen molar-refractivity contribution in [2.75, 3.05) is 0 Å². The number of carbonyl (C=O) groups is 3. The Morgan fingerprint density at radius 2 is 1.71 bits per heavy atom. The van der Waals surface area contributed by atoms with E-state index >= 15 is 0 Å². The third kappa shape index (κ3) is 4.28. The molecule has 0 saturated heterocycles. The Bertz CT molecular complexity index is 429. The van der Waals surface area contributed by atoms with Gasteiger partial charge < -0.3 is 10.2 Å². The molecule has 17 heavy (non-hydrogen) atoms. The first kappa shape index (κ1) is 13.2. The zero-order chi connectivity index (χ0) is 12.8. The van der Waals surface area contributed by atoms with Crippen molar-refractivity contribution in [3.63, 3.8) is 0 Å². The molecule has 0 heterocycles. The highest BCUT2D eigenvalue weighted by Crippen LogP contribution is 2.25. The van der Waals surface area contributed by atoms with Gasteiger partial charge in [0, 0.05) is 11.3 Å². The number of hydrogen-bond acceptors (Lipinski definition) is 4. The lowest BCUT2D eigenvalue weighted by Gasteiger charge is -2.09. The second-order valence-electron chi connectivity index (χ2n) is 3.19. The summed E-state index contributed by atoms with van der Waals surface area (Å²) in [5.74, 6) is -3.90.